The van der Waals surface area contributed by atoms with Crippen LogP contribution in [-0.4, -0.2) is 19.7 Å². The minimum atomic E-state index is 0.816. The summed E-state index contributed by atoms with van der Waals surface area (Å²) >= 11 is 1.67. The fraction of sp³-hybridized carbons (Fsp3) is 0.235. The van der Waals surface area contributed by atoms with Crippen molar-refractivity contribution < 1.29 is 0 Å². The topological polar surface area (TPSA) is 43.6 Å². The molecule has 0 spiro atoms. The maximum Gasteiger partial charge on any atom is 0.188 e. The largest absolute Gasteiger partial charge is 0.265 e. The fourth-order valence-corrected chi connectivity index (χ4v) is 3.51. The quantitative estimate of drug-likeness (QED) is 0.551. The van der Waals surface area contributed by atoms with Gasteiger partial charge in [-0.1, -0.05) is 42.1 Å². The van der Waals surface area contributed by atoms with E-state index in [1.54, 1.807) is 11.8 Å². The van der Waals surface area contributed by atoms with E-state index in [0.717, 1.165) is 40.7 Å². The van der Waals surface area contributed by atoms with Gasteiger partial charge in [0.25, 0.3) is 0 Å². The number of nitrogens with zero attached hydrogens (tertiary/aromatic N) is 4. The van der Waals surface area contributed by atoms with Gasteiger partial charge in [-0.15, -0.1) is 0 Å². The Morgan fingerprint density at radius 3 is 2.95 bits per heavy atom. The van der Waals surface area contributed by atoms with Crippen molar-refractivity contribution in [1.29, 1.82) is 0 Å². The van der Waals surface area contributed by atoms with Crippen LogP contribution in [0.15, 0.2) is 41.7 Å². The number of thioether (sulfide) groups is 1. The zero-order chi connectivity index (χ0) is 14.9. The summed E-state index contributed by atoms with van der Waals surface area (Å²) in [7, 11) is 1.95. The number of hydrogen-bond donors (Lipinski definition) is 0. The van der Waals surface area contributed by atoms with Crippen LogP contribution in [0.5, 0.6) is 0 Å². The number of rotatable bonds is 3. The molecule has 4 rings (SSSR count). The molecule has 3 aromatic rings. The first-order valence-corrected chi connectivity index (χ1v) is 8.26. The van der Waals surface area contributed by atoms with Gasteiger partial charge in [0, 0.05) is 24.6 Å². The highest BCUT2D eigenvalue weighted by molar-refractivity contribution is 7.98. The lowest BCUT2D eigenvalue weighted by Crippen LogP contribution is -2.09. The fourth-order valence-electron chi connectivity index (χ4n) is 2.73. The molecule has 0 saturated carbocycles. The van der Waals surface area contributed by atoms with E-state index < -0.39 is 0 Å². The molecule has 1 radical (unpaired) electrons. The zero-order valence-corrected chi connectivity index (χ0v) is 13.1. The van der Waals surface area contributed by atoms with Crippen molar-refractivity contribution in [3.63, 3.8) is 0 Å². The van der Waals surface area contributed by atoms with Gasteiger partial charge in [-0.2, -0.15) is 5.10 Å². The first-order valence-electron chi connectivity index (χ1n) is 7.28. The van der Waals surface area contributed by atoms with Gasteiger partial charge in [0.2, 0.25) is 0 Å². The Balaban J connectivity index is 1.63. The molecule has 1 aliphatic rings. The van der Waals surface area contributed by atoms with E-state index in [9.17, 15) is 0 Å². The highest BCUT2D eigenvalue weighted by atomic mass is 32.2. The molecule has 22 heavy (non-hydrogen) atoms. The van der Waals surface area contributed by atoms with E-state index in [4.69, 9.17) is 4.98 Å². The minimum Gasteiger partial charge on any atom is -0.265 e. The van der Waals surface area contributed by atoms with Crippen LogP contribution in [0.3, 0.4) is 0 Å². The van der Waals surface area contributed by atoms with Crippen LogP contribution in [-0.2, 0) is 25.6 Å². The van der Waals surface area contributed by atoms with Gasteiger partial charge in [-0.25, -0.2) is 9.97 Å². The van der Waals surface area contributed by atoms with Gasteiger partial charge in [-0.05, 0) is 24.0 Å². The summed E-state index contributed by atoms with van der Waals surface area (Å²) in [6.45, 7) is 0. The maximum atomic E-state index is 4.77. The summed E-state index contributed by atoms with van der Waals surface area (Å²) in [5.41, 5.74) is 5.75. The molecule has 2 heterocycles. The number of hydrogen-bond acceptors (Lipinski definition) is 4. The summed E-state index contributed by atoms with van der Waals surface area (Å²) in [4.78, 5) is 9.28. The predicted octanol–water partition coefficient (Wildman–Crippen LogP) is 3.07. The Morgan fingerprint density at radius 2 is 2.09 bits per heavy atom. The molecule has 5 heteroatoms. The molecule has 0 fully saturated rings. The van der Waals surface area contributed by atoms with E-state index in [0.29, 0.717) is 0 Å². The Labute approximate surface area is 133 Å². The van der Waals surface area contributed by atoms with Gasteiger partial charge < -0.3 is 0 Å². The highest BCUT2D eigenvalue weighted by Gasteiger charge is 2.22. The van der Waals surface area contributed by atoms with Crippen molar-refractivity contribution in [3.05, 3.63) is 59.4 Å². The summed E-state index contributed by atoms with van der Waals surface area (Å²) in [6, 6.07) is 10.4. The lowest BCUT2D eigenvalue weighted by Gasteiger charge is -2.16. The van der Waals surface area contributed by atoms with Crippen molar-refractivity contribution in [3.8, 4) is 11.4 Å². The molecule has 0 bridgehead atoms. The Hall–Kier alpha value is -2.14. The first-order chi connectivity index (χ1) is 10.8. The molecule has 109 valence electrons. The standard InChI is InChI=1S/C17H15N4S/c1-21-16-14(10-19-21)8-7-13-9-18-17(20-15(13)16)22-11-12-5-3-2-4-6-12/h2-6,9H,7-8,11H2,1H3. The summed E-state index contributed by atoms with van der Waals surface area (Å²) in [6.07, 6.45) is 6.99. The van der Waals surface area contributed by atoms with Gasteiger partial charge in [0.1, 0.15) is 6.20 Å². The molecule has 0 N–H and O–H groups in total. The number of aromatic nitrogens is 4. The molecule has 0 unspecified atom stereocenters. The molecular weight excluding hydrogens is 292 g/mol. The molecule has 0 amide bonds. The molecular formula is C17H15N4S. The van der Waals surface area contributed by atoms with Gasteiger partial charge in [0.05, 0.1) is 11.4 Å². The van der Waals surface area contributed by atoms with Crippen LogP contribution in [0.25, 0.3) is 11.4 Å². The van der Waals surface area contributed by atoms with Crippen molar-refractivity contribution >= 4 is 11.8 Å². The highest BCUT2D eigenvalue weighted by Crippen LogP contribution is 2.32. The third-order valence-corrected chi connectivity index (χ3v) is 4.80. The number of fused-ring (bicyclic) bond motifs is 3. The second-order valence-corrected chi connectivity index (χ2v) is 6.31. The molecule has 1 aromatic carbocycles. The van der Waals surface area contributed by atoms with Gasteiger partial charge in [0.15, 0.2) is 5.16 Å². The number of aryl methyl sites for hydroxylation is 3. The van der Waals surface area contributed by atoms with Crippen LogP contribution < -0.4 is 0 Å². The van der Waals surface area contributed by atoms with Gasteiger partial charge in [-0.3, -0.25) is 4.68 Å². The van der Waals surface area contributed by atoms with Crippen molar-refractivity contribution in [2.24, 2.45) is 7.05 Å². The molecule has 0 atom stereocenters. The predicted molar refractivity (Wildman–Crippen MR) is 86.5 cm³/mol. The average Bonchev–Trinajstić information content (AvgIpc) is 2.95. The van der Waals surface area contributed by atoms with E-state index in [2.05, 4.69) is 40.5 Å². The minimum absolute atomic E-state index is 0.816. The van der Waals surface area contributed by atoms with Crippen LogP contribution in [0.1, 0.15) is 16.7 Å². The van der Waals surface area contributed by atoms with E-state index in [-0.39, 0.29) is 0 Å². The molecule has 4 nitrogen and oxygen atoms in total. The Bertz CT molecular complexity index is 811. The second kappa shape index (κ2) is 5.57. The van der Waals surface area contributed by atoms with E-state index in [1.165, 1.54) is 11.1 Å². The van der Waals surface area contributed by atoms with Crippen LogP contribution >= 0.6 is 11.8 Å². The lowest BCUT2D eigenvalue weighted by atomic mass is 9.95. The number of benzene rings is 1. The summed E-state index contributed by atoms with van der Waals surface area (Å²) < 4.78 is 1.87. The molecule has 0 saturated heterocycles. The second-order valence-electron chi connectivity index (χ2n) is 5.36. The third-order valence-electron chi connectivity index (χ3n) is 3.87. The Kier molecular flexibility index (Phi) is 3.42. The van der Waals surface area contributed by atoms with Crippen LogP contribution in [0.4, 0.5) is 0 Å². The maximum absolute atomic E-state index is 4.77. The molecule has 1 aliphatic carbocycles. The zero-order valence-electron chi connectivity index (χ0n) is 12.3. The first kappa shape index (κ1) is 13.5. The third kappa shape index (κ3) is 2.41. The smallest absolute Gasteiger partial charge is 0.188 e. The summed E-state index contributed by atoms with van der Waals surface area (Å²) in [5.74, 6) is 0.879. The van der Waals surface area contributed by atoms with Crippen LogP contribution in [0.2, 0.25) is 0 Å². The Morgan fingerprint density at radius 1 is 1.23 bits per heavy atom. The lowest BCUT2D eigenvalue weighted by molar-refractivity contribution is 0.759. The summed E-state index contributed by atoms with van der Waals surface area (Å²) in [5, 5.41) is 5.06. The van der Waals surface area contributed by atoms with Crippen molar-refractivity contribution in [2.45, 2.75) is 23.8 Å². The monoisotopic (exact) mass is 307 g/mol. The van der Waals surface area contributed by atoms with Crippen molar-refractivity contribution in [1.82, 2.24) is 19.7 Å². The normalized spacial score (nSPS) is 12.8. The SMILES string of the molecule is Cn1n[c]c2c1-c1nc(SCc3ccccc3)ncc1CC2. The molecule has 0 aliphatic heterocycles. The van der Waals surface area contributed by atoms with Crippen LogP contribution in [0, 0.1) is 6.20 Å². The van der Waals surface area contributed by atoms with E-state index >= 15 is 0 Å². The van der Waals surface area contributed by atoms with E-state index in [1.807, 2.05) is 24.0 Å². The van der Waals surface area contributed by atoms with Gasteiger partial charge >= 0.3 is 0 Å². The van der Waals surface area contributed by atoms with Crippen molar-refractivity contribution in [2.75, 3.05) is 0 Å². The molecule has 2 aromatic heterocycles. The average molecular weight is 307 g/mol.